The predicted molar refractivity (Wildman–Crippen MR) is 91.1 cm³/mol. The molecule has 2 heterocycles. The van der Waals surface area contributed by atoms with Crippen molar-refractivity contribution >= 4 is 0 Å². The van der Waals surface area contributed by atoms with Gasteiger partial charge >= 0.3 is 0 Å². The van der Waals surface area contributed by atoms with Gasteiger partial charge in [0.15, 0.2) is 0 Å². The Kier molecular flexibility index (Phi) is 4.19. The summed E-state index contributed by atoms with van der Waals surface area (Å²) in [4.78, 5) is 2.55. The Bertz CT molecular complexity index is 647. The van der Waals surface area contributed by atoms with Crippen molar-refractivity contribution in [3.8, 4) is 11.1 Å². The van der Waals surface area contributed by atoms with Crippen LogP contribution in [0.5, 0.6) is 0 Å². The first-order valence-corrected chi connectivity index (χ1v) is 8.75. The van der Waals surface area contributed by atoms with E-state index < -0.39 is 0 Å². The fourth-order valence-electron chi connectivity index (χ4n) is 3.87. The average Bonchev–Trinajstić information content (AvgIpc) is 3.04. The summed E-state index contributed by atoms with van der Waals surface area (Å²) in [5.41, 5.74) is 3.72. The number of ether oxygens (including phenoxy) is 1. The fraction of sp³-hybridized carbons (Fsp3) is 0.526. The zero-order valence-corrected chi connectivity index (χ0v) is 13.8. The predicted octanol–water partition coefficient (Wildman–Crippen LogP) is 3.46. The second-order valence-corrected chi connectivity index (χ2v) is 6.85. The highest BCUT2D eigenvalue weighted by atomic mass is 16.5. The van der Waals surface area contributed by atoms with Crippen LogP contribution in [0, 0.1) is 6.92 Å². The van der Waals surface area contributed by atoms with Gasteiger partial charge < -0.3 is 4.74 Å². The van der Waals surface area contributed by atoms with Crippen LogP contribution in [0.4, 0.5) is 0 Å². The lowest BCUT2D eigenvalue weighted by Gasteiger charge is -2.43. The summed E-state index contributed by atoms with van der Waals surface area (Å²) in [6.45, 7) is 4.86. The minimum atomic E-state index is 0.435. The number of hydrogen-bond donors (Lipinski definition) is 0. The molecule has 0 amide bonds. The van der Waals surface area contributed by atoms with Crippen LogP contribution in [0.15, 0.2) is 36.7 Å². The van der Waals surface area contributed by atoms with Gasteiger partial charge in [-0.1, -0.05) is 42.7 Å². The minimum absolute atomic E-state index is 0.435. The van der Waals surface area contributed by atoms with Gasteiger partial charge in [0.05, 0.1) is 25.6 Å². The Morgan fingerprint density at radius 3 is 2.83 bits per heavy atom. The maximum Gasteiger partial charge on any atom is 0.0933 e. The van der Waals surface area contributed by atoms with E-state index in [0.717, 1.165) is 19.8 Å². The molecule has 23 heavy (non-hydrogen) atoms. The molecule has 0 unspecified atom stereocenters. The molecule has 4 rings (SSSR count). The molecule has 2 aliphatic rings. The lowest BCUT2D eigenvalue weighted by atomic mass is 9.90. The summed E-state index contributed by atoms with van der Waals surface area (Å²) in [6, 6.07) is 9.22. The van der Waals surface area contributed by atoms with Crippen molar-refractivity contribution in [2.24, 2.45) is 0 Å². The molecule has 1 aliphatic heterocycles. The zero-order chi connectivity index (χ0) is 15.6. The normalized spacial score (nSPS) is 25.3. The highest BCUT2D eigenvalue weighted by Gasteiger charge is 2.34. The monoisotopic (exact) mass is 311 g/mol. The van der Waals surface area contributed by atoms with Gasteiger partial charge in [0.25, 0.3) is 0 Å². The Labute approximate surface area is 138 Å². The molecule has 4 heteroatoms. The van der Waals surface area contributed by atoms with E-state index in [1.807, 2.05) is 6.20 Å². The van der Waals surface area contributed by atoms with Gasteiger partial charge in [-0.3, -0.25) is 9.58 Å². The number of morpholine rings is 1. The van der Waals surface area contributed by atoms with E-state index in [-0.39, 0.29) is 0 Å². The molecule has 0 bridgehead atoms. The van der Waals surface area contributed by atoms with Crippen LogP contribution < -0.4 is 0 Å². The molecular weight excluding hydrogens is 286 g/mol. The number of rotatable bonds is 3. The molecule has 1 aromatic heterocycles. The van der Waals surface area contributed by atoms with Crippen molar-refractivity contribution in [1.82, 2.24) is 14.7 Å². The Hall–Kier alpha value is -1.65. The number of aromatic nitrogens is 2. The van der Waals surface area contributed by atoms with Gasteiger partial charge in [0.2, 0.25) is 0 Å². The third-order valence-corrected chi connectivity index (χ3v) is 5.19. The number of aryl methyl sites for hydroxylation is 1. The van der Waals surface area contributed by atoms with E-state index in [1.165, 1.54) is 42.4 Å². The first kappa shape index (κ1) is 14.9. The van der Waals surface area contributed by atoms with Crippen molar-refractivity contribution < 1.29 is 4.74 Å². The molecule has 2 fully saturated rings. The highest BCUT2D eigenvalue weighted by molar-refractivity contribution is 5.61. The quantitative estimate of drug-likeness (QED) is 0.869. The van der Waals surface area contributed by atoms with E-state index >= 15 is 0 Å². The first-order chi connectivity index (χ1) is 11.3. The molecule has 1 saturated heterocycles. The smallest absolute Gasteiger partial charge is 0.0933 e. The highest BCUT2D eigenvalue weighted by Crippen LogP contribution is 2.29. The van der Waals surface area contributed by atoms with Crippen LogP contribution in [-0.2, 0) is 11.4 Å². The van der Waals surface area contributed by atoms with Crippen molar-refractivity contribution in [3.05, 3.63) is 42.2 Å². The first-order valence-electron chi connectivity index (χ1n) is 8.75. The van der Waals surface area contributed by atoms with Gasteiger partial charge in [0, 0.05) is 24.3 Å². The molecule has 2 atom stereocenters. The van der Waals surface area contributed by atoms with Crippen molar-refractivity contribution in [3.63, 3.8) is 0 Å². The largest absolute Gasteiger partial charge is 0.375 e. The third-order valence-electron chi connectivity index (χ3n) is 5.19. The summed E-state index contributed by atoms with van der Waals surface area (Å²) in [7, 11) is 0. The molecule has 0 radical (unpaired) electrons. The number of fused-ring (bicyclic) bond motifs is 1. The summed E-state index contributed by atoms with van der Waals surface area (Å²) < 4.78 is 8.04. The average molecular weight is 311 g/mol. The summed E-state index contributed by atoms with van der Waals surface area (Å²) in [5.74, 6) is 0. The molecule has 4 nitrogen and oxygen atoms in total. The van der Waals surface area contributed by atoms with Crippen LogP contribution in [0.25, 0.3) is 11.1 Å². The van der Waals surface area contributed by atoms with Gasteiger partial charge in [-0.25, -0.2) is 0 Å². The topological polar surface area (TPSA) is 30.3 Å². The zero-order valence-electron chi connectivity index (χ0n) is 13.8. The van der Waals surface area contributed by atoms with Crippen LogP contribution in [0.3, 0.4) is 0 Å². The van der Waals surface area contributed by atoms with Crippen LogP contribution in [-0.4, -0.2) is 40.0 Å². The lowest BCUT2D eigenvalue weighted by Crippen LogP contribution is -2.52. The van der Waals surface area contributed by atoms with Gasteiger partial charge in [-0.05, 0) is 25.3 Å². The number of hydrogen-bond acceptors (Lipinski definition) is 3. The second kappa shape index (κ2) is 6.46. The molecule has 1 aliphatic carbocycles. The fourth-order valence-corrected chi connectivity index (χ4v) is 3.87. The number of benzene rings is 1. The molecule has 2 aromatic rings. The summed E-state index contributed by atoms with van der Waals surface area (Å²) in [5, 5.41) is 4.58. The van der Waals surface area contributed by atoms with Crippen molar-refractivity contribution in [1.29, 1.82) is 0 Å². The standard InChI is InChI=1S/C19H25N3O/c1-15-6-8-16(9-7-15)17-12-20-22(13-17)14-21-10-11-23-19-5-3-2-4-18(19)21/h6-9,12-13,18-19H,2-5,10-11,14H2,1H3/t18-,19-/m0/s1. The van der Waals surface area contributed by atoms with Crippen LogP contribution in [0.2, 0.25) is 0 Å². The maximum atomic E-state index is 5.96. The van der Waals surface area contributed by atoms with Crippen molar-refractivity contribution in [2.45, 2.75) is 51.4 Å². The Morgan fingerprint density at radius 1 is 1.13 bits per heavy atom. The minimum Gasteiger partial charge on any atom is -0.375 e. The van der Waals surface area contributed by atoms with Crippen LogP contribution in [0.1, 0.15) is 31.2 Å². The van der Waals surface area contributed by atoms with Gasteiger partial charge in [-0.2, -0.15) is 5.10 Å². The molecule has 122 valence electrons. The van der Waals surface area contributed by atoms with Gasteiger partial charge in [0.1, 0.15) is 0 Å². The summed E-state index contributed by atoms with van der Waals surface area (Å²) >= 11 is 0. The molecule has 0 spiro atoms. The number of nitrogens with zero attached hydrogens (tertiary/aromatic N) is 3. The van der Waals surface area contributed by atoms with E-state index in [4.69, 9.17) is 4.74 Å². The molecule has 1 saturated carbocycles. The van der Waals surface area contributed by atoms with Crippen molar-refractivity contribution in [2.75, 3.05) is 13.2 Å². The Morgan fingerprint density at radius 2 is 1.96 bits per heavy atom. The second-order valence-electron chi connectivity index (χ2n) is 6.85. The van der Waals surface area contributed by atoms with E-state index in [1.54, 1.807) is 0 Å². The van der Waals surface area contributed by atoms with Crippen LogP contribution >= 0.6 is 0 Å². The van der Waals surface area contributed by atoms with Gasteiger partial charge in [-0.15, -0.1) is 0 Å². The SMILES string of the molecule is Cc1ccc(-c2cnn(CN3CCO[C@H]4CCCC[C@@H]43)c2)cc1. The molecular formula is C19H25N3O. The maximum absolute atomic E-state index is 5.96. The molecule has 0 N–H and O–H groups in total. The van der Waals surface area contributed by atoms with E-state index in [2.05, 4.69) is 52.1 Å². The van der Waals surface area contributed by atoms with E-state index in [9.17, 15) is 0 Å². The Balaban J connectivity index is 1.47. The van der Waals surface area contributed by atoms with E-state index in [0.29, 0.717) is 12.1 Å². The molecule has 1 aromatic carbocycles. The summed E-state index contributed by atoms with van der Waals surface area (Å²) in [6.07, 6.45) is 9.69. The lowest BCUT2D eigenvalue weighted by molar-refractivity contribution is -0.0991. The third kappa shape index (κ3) is 3.19.